The average Bonchev–Trinajstić information content (AvgIpc) is 2.95. The number of rotatable bonds is 5. The third-order valence-corrected chi connectivity index (χ3v) is 5.44. The van der Waals surface area contributed by atoms with E-state index in [9.17, 15) is 23.6 Å². The number of ether oxygens (including phenoxy) is 1. The molecule has 1 atom stereocenters. The van der Waals surface area contributed by atoms with Crippen molar-refractivity contribution in [1.29, 1.82) is 0 Å². The van der Waals surface area contributed by atoms with E-state index in [2.05, 4.69) is 0 Å². The summed E-state index contributed by atoms with van der Waals surface area (Å²) in [6, 6.07) is 3.04. The molecule has 0 bridgehead atoms. The molecular formula is C12H16N2O6S. The highest BCUT2D eigenvalue weighted by Gasteiger charge is 2.35. The summed E-state index contributed by atoms with van der Waals surface area (Å²) in [5.41, 5.74) is -0.404. The van der Waals surface area contributed by atoms with E-state index in [1.165, 1.54) is 23.5 Å². The molecule has 1 aliphatic heterocycles. The number of hydrogen-bond acceptors (Lipinski definition) is 6. The Labute approximate surface area is 122 Å². The predicted octanol–water partition coefficient (Wildman–Crippen LogP) is 0.749. The van der Waals surface area contributed by atoms with Crippen molar-refractivity contribution in [1.82, 2.24) is 4.31 Å². The Morgan fingerprint density at radius 2 is 2.24 bits per heavy atom. The topological polar surface area (TPSA) is 110 Å². The summed E-state index contributed by atoms with van der Waals surface area (Å²) in [5, 5.41) is 20.2. The molecule has 1 saturated heterocycles. The maximum atomic E-state index is 12.5. The minimum absolute atomic E-state index is 0.000852. The summed E-state index contributed by atoms with van der Waals surface area (Å²) >= 11 is 0. The Kier molecular flexibility index (Phi) is 4.45. The summed E-state index contributed by atoms with van der Waals surface area (Å²) in [7, 11) is -2.59. The SMILES string of the molecule is COc1ccc(S(=O)(=O)N2CCCC2CO)cc1[N+](=O)[O-]. The first kappa shape index (κ1) is 15.7. The van der Waals surface area contributed by atoms with E-state index in [1.807, 2.05) is 0 Å². The van der Waals surface area contributed by atoms with Crippen molar-refractivity contribution in [2.75, 3.05) is 20.3 Å². The van der Waals surface area contributed by atoms with Gasteiger partial charge in [0, 0.05) is 18.7 Å². The second kappa shape index (κ2) is 5.96. The Morgan fingerprint density at radius 3 is 2.81 bits per heavy atom. The van der Waals surface area contributed by atoms with Gasteiger partial charge in [-0.15, -0.1) is 0 Å². The van der Waals surface area contributed by atoms with E-state index in [0.717, 1.165) is 6.07 Å². The van der Waals surface area contributed by atoms with Crippen molar-refractivity contribution in [2.24, 2.45) is 0 Å². The minimum atomic E-state index is -3.87. The Balaban J connectivity index is 2.45. The van der Waals surface area contributed by atoms with Gasteiger partial charge in [-0.1, -0.05) is 0 Å². The summed E-state index contributed by atoms with van der Waals surface area (Å²) < 4.78 is 31.1. The molecule has 1 aromatic carbocycles. The first-order chi connectivity index (χ1) is 9.91. The third-order valence-electron chi connectivity index (χ3n) is 3.49. The van der Waals surface area contributed by atoms with Gasteiger partial charge in [-0.2, -0.15) is 4.31 Å². The van der Waals surface area contributed by atoms with Crippen LogP contribution in [0.1, 0.15) is 12.8 Å². The van der Waals surface area contributed by atoms with Gasteiger partial charge in [0.05, 0.1) is 23.5 Å². The molecule has 0 amide bonds. The average molecular weight is 316 g/mol. The van der Waals surface area contributed by atoms with E-state index in [1.54, 1.807) is 0 Å². The lowest BCUT2D eigenvalue weighted by Crippen LogP contribution is -2.37. The summed E-state index contributed by atoms with van der Waals surface area (Å²) in [6.45, 7) is 0.0326. The van der Waals surface area contributed by atoms with Crippen molar-refractivity contribution in [3.8, 4) is 5.75 Å². The molecule has 1 N–H and O–H groups in total. The van der Waals surface area contributed by atoms with Gasteiger partial charge in [0.15, 0.2) is 5.75 Å². The first-order valence-electron chi connectivity index (χ1n) is 6.37. The van der Waals surface area contributed by atoms with E-state index < -0.39 is 26.7 Å². The Morgan fingerprint density at radius 1 is 1.52 bits per heavy atom. The van der Waals surface area contributed by atoms with Crippen LogP contribution in [0, 0.1) is 10.1 Å². The number of nitro groups is 1. The minimum Gasteiger partial charge on any atom is -0.490 e. The van der Waals surface area contributed by atoms with Gasteiger partial charge in [-0.05, 0) is 25.0 Å². The highest BCUT2D eigenvalue weighted by atomic mass is 32.2. The second-order valence-corrected chi connectivity index (χ2v) is 6.58. The van der Waals surface area contributed by atoms with Crippen molar-refractivity contribution in [2.45, 2.75) is 23.8 Å². The molecule has 8 nitrogen and oxygen atoms in total. The van der Waals surface area contributed by atoms with Crippen molar-refractivity contribution in [3.05, 3.63) is 28.3 Å². The monoisotopic (exact) mass is 316 g/mol. The van der Waals surface area contributed by atoms with Crippen LogP contribution in [-0.2, 0) is 10.0 Å². The molecule has 116 valence electrons. The van der Waals surface area contributed by atoms with Crippen LogP contribution in [0.2, 0.25) is 0 Å². The highest BCUT2D eigenvalue weighted by Crippen LogP contribution is 2.32. The first-order valence-corrected chi connectivity index (χ1v) is 7.81. The predicted molar refractivity (Wildman–Crippen MR) is 73.6 cm³/mol. The second-order valence-electron chi connectivity index (χ2n) is 4.69. The van der Waals surface area contributed by atoms with E-state index in [-0.39, 0.29) is 17.3 Å². The van der Waals surface area contributed by atoms with Crippen LogP contribution in [-0.4, -0.2) is 49.1 Å². The zero-order valence-electron chi connectivity index (χ0n) is 11.4. The smallest absolute Gasteiger partial charge is 0.312 e. The highest BCUT2D eigenvalue weighted by molar-refractivity contribution is 7.89. The quantitative estimate of drug-likeness (QED) is 0.634. The molecule has 0 saturated carbocycles. The summed E-state index contributed by atoms with van der Waals surface area (Å²) in [6.07, 6.45) is 1.23. The van der Waals surface area contributed by atoms with Gasteiger partial charge in [-0.25, -0.2) is 8.42 Å². The van der Waals surface area contributed by atoms with Crippen molar-refractivity contribution in [3.63, 3.8) is 0 Å². The largest absolute Gasteiger partial charge is 0.490 e. The zero-order chi connectivity index (χ0) is 15.6. The Bertz CT molecular complexity index is 645. The molecule has 2 rings (SSSR count). The molecule has 0 aromatic heterocycles. The molecule has 0 radical (unpaired) electrons. The Hall–Kier alpha value is -1.71. The molecule has 0 aliphatic carbocycles. The van der Waals surface area contributed by atoms with Gasteiger partial charge in [-0.3, -0.25) is 10.1 Å². The van der Waals surface area contributed by atoms with Crippen LogP contribution in [0.5, 0.6) is 5.75 Å². The zero-order valence-corrected chi connectivity index (χ0v) is 12.2. The fourth-order valence-corrected chi connectivity index (χ4v) is 4.12. The fraction of sp³-hybridized carbons (Fsp3) is 0.500. The summed E-state index contributed by atoms with van der Waals surface area (Å²) in [5.74, 6) is -0.000852. The third kappa shape index (κ3) is 2.85. The van der Waals surface area contributed by atoms with Gasteiger partial charge in [0.2, 0.25) is 10.0 Å². The molecular weight excluding hydrogens is 300 g/mol. The van der Waals surface area contributed by atoms with Crippen LogP contribution in [0.25, 0.3) is 0 Å². The van der Waals surface area contributed by atoms with Crippen LogP contribution in [0.4, 0.5) is 5.69 Å². The van der Waals surface area contributed by atoms with E-state index in [4.69, 9.17) is 4.74 Å². The fourth-order valence-electron chi connectivity index (χ4n) is 2.42. The molecule has 1 fully saturated rings. The molecule has 1 aliphatic rings. The number of methoxy groups -OCH3 is 1. The number of nitro benzene ring substituents is 1. The van der Waals surface area contributed by atoms with Gasteiger partial charge >= 0.3 is 5.69 Å². The maximum absolute atomic E-state index is 12.5. The maximum Gasteiger partial charge on any atom is 0.312 e. The molecule has 1 aromatic rings. The van der Waals surface area contributed by atoms with E-state index in [0.29, 0.717) is 19.4 Å². The molecule has 1 heterocycles. The molecule has 0 spiro atoms. The lowest BCUT2D eigenvalue weighted by Gasteiger charge is -2.22. The van der Waals surface area contributed by atoms with Gasteiger partial charge in [0.1, 0.15) is 0 Å². The lowest BCUT2D eigenvalue weighted by molar-refractivity contribution is -0.386. The van der Waals surface area contributed by atoms with Crippen molar-refractivity contribution >= 4 is 15.7 Å². The van der Waals surface area contributed by atoms with Crippen molar-refractivity contribution < 1.29 is 23.2 Å². The van der Waals surface area contributed by atoms with Crippen LogP contribution in [0.15, 0.2) is 23.1 Å². The van der Waals surface area contributed by atoms with Crippen LogP contribution < -0.4 is 4.74 Å². The normalized spacial score (nSPS) is 19.6. The number of aliphatic hydroxyl groups excluding tert-OH is 1. The number of hydrogen-bond donors (Lipinski definition) is 1. The lowest BCUT2D eigenvalue weighted by atomic mass is 10.2. The van der Waals surface area contributed by atoms with Crippen LogP contribution in [0.3, 0.4) is 0 Å². The number of nitrogens with zero attached hydrogens (tertiary/aromatic N) is 2. The van der Waals surface area contributed by atoms with Gasteiger partial charge in [0.25, 0.3) is 0 Å². The number of aliphatic hydroxyl groups is 1. The number of sulfonamides is 1. The molecule has 1 unspecified atom stereocenters. The molecule has 21 heavy (non-hydrogen) atoms. The standard InChI is InChI=1S/C12H16N2O6S/c1-20-12-5-4-10(7-11(12)14(16)17)21(18,19)13-6-2-3-9(13)8-15/h4-5,7,9,15H,2-3,6,8H2,1H3. The summed E-state index contributed by atoms with van der Waals surface area (Å²) in [4.78, 5) is 10.1. The van der Waals surface area contributed by atoms with Gasteiger partial charge < -0.3 is 9.84 Å². The van der Waals surface area contributed by atoms with Crippen LogP contribution >= 0.6 is 0 Å². The molecule has 9 heteroatoms. The number of benzene rings is 1. The van der Waals surface area contributed by atoms with E-state index >= 15 is 0 Å².